The van der Waals surface area contributed by atoms with Gasteiger partial charge >= 0.3 is 0 Å². The van der Waals surface area contributed by atoms with Gasteiger partial charge in [0.2, 0.25) is 0 Å². The molecule has 0 saturated heterocycles. The molecular weight excluding hydrogens is 308 g/mol. The highest BCUT2D eigenvalue weighted by atomic mass is 32.2. The van der Waals surface area contributed by atoms with Crippen molar-refractivity contribution in [3.05, 3.63) is 17.7 Å². The van der Waals surface area contributed by atoms with Crippen LogP contribution in [0.1, 0.15) is 25.8 Å². The zero-order chi connectivity index (χ0) is 16.0. The normalized spacial score (nSPS) is 11.4. The molecule has 0 aliphatic carbocycles. The number of nitriles is 1. The van der Waals surface area contributed by atoms with Gasteiger partial charge in [0.15, 0.2) is 0 Å². The van der Waals surface area contributed by atoms with Gasteiger partial charge in [0, 0.05) is 16.4 Å². The fraction of sp³-hybridized carbons (Fsp3) is 0.500. The van der Waals surface area contributed by atoms with Crippen molar-refractivity contribution >= 4 is 27.3 Å². The molecule has 1 aromatic rings. The summed E-state index contributed by atoms with van der Waals surface area (Å²) in [7, 11) is -2.99. The quantitative estimate of drug-likeness (QED) is 0.469. The number of benzene rings is 1. The fourth-order valence-electron chi connectivity index (χ4n) is 1.66. The Kier molecular flexibility index (Phi) is 6.37. The van der Waals surface area contributed by atoms with Crippen molar-refractivity contribution in [3.8, 4) is 11.8 Å². The first-order chi connectivity index (χ1) is 9.73. The van der Waals surface area contributed by atoms with Crippen LogP contribution in [0.4, 0.5) is 5.69 Å². The summed E-state index contributed by atoms with van der Waals surface area (Å²) in [6.45, 7) is 4.36. The van der Waals surface area contributed by atoms with Crippen molar-refractivity contribution < 1.29 is 13.2 Å². The highest BCUT2D eigenvalue weighted by Gasteiger charge is 2.11. The van der Waals surface area contributed by atoms with Crippen molar-refractivity contribution in [2.75, 3.05) is 24.3 Å². The molecule has 0 atom stereocenters. The Morgan fingerprint density at radius 3 is 2.62 bits per heavy atom. The lowest BCUT2D eigenvalue weighted by atomic mass is 10.2. The van der Waals surface area contributed by atoms with Gasteiger partial charge in [-0.25, -0.2) is 8.42 Å². The molecule has 2 N–H and O–H groups in total. The van der Waals surface area contributed by atoms with E-state index in [0.29, 0.717) is 28.7 Å². The molecule has 0 aliphatic heterocycles. The third-order valence-corrected chi connectivity index (χ3v) is 4.53. The lowest BCUT2D eigenvalue weighted by molar-refractivity contribution is 0.318. The molecule has 5 nitrogen and oxygen atoms in total. The number of hydrogen-bond donors (Lipinski definition) is 1. The number of nitrogens with zero attached hydrogens (tertiary/aromatic N) is 1. The minimum Gasteiger partial charge on any atom is -0.491 e. The van der Waals surface area contributed by atoms with Gasteiger partial charge in [-0.05, 0) is 18.6 Å². The van der Waals surface area contributed by atoms with E-state index in [0.717, 1.165) is 4.90 Å². The first-order valence-corrected chi connectivity index (χ1v) is 9.47. The number of thioether (sulfide) groups is 1. The standard InChI is InChI=1S/C14H20N2O3S2/c1-10(2)20-12-7-11(9-15)14(16)13(8-12)19-5-4-6-21(3,17)18/h7-8,10H,4-6,16H2,1-3H3. The third kappa shape index (κ3) is 6.27. The molecule has 1 rings (SSSR count). The van der Waals surface area contributed by atoms with Gasteiger partial charge in [0.25, 0.3) is 0 Å². The second-order valence-corrected chi connectivity index (χ2v) is 8.90. The van der Waals surface area contributed by atoms with E-state index in [1.54, 1.807) is 23.9 Å². The highest BCUT2D eigenvalue weighted by molar-refractivity contribution is 7.99. The van der Waals surface area contributed by atoms with Crippen LogP contribution >= 0.6 is 11.8 Å². The molecule has 0 fully saturated rings. The van der Waals surface area contributed by atoms with E-state index in [2.05, 4.69) is 13.8 Å². The first-order valence-electron chi connectivity index (χ1n) is 6.53. The van der Waals surface area contributed by atoms with E-state index >= 15 is 0 Å². The van der Waals surface area contributed by atoms with Crippen LogP contribution in [-0.4, -0.2) is 32.3 Å². The van der Waals surface area contributed by atoms with Crippen LogP contribution in [0.25, 0.3) is 0 Å². The molecule has 0 unspecified atom stereocenters. The Labute approximate surface area is 130 Å². The largest absolute Gasteiger partial charge is 0.491 e. The van der Waals surface area contributed by atoms with Crippen molar-refractivity contribution in [2.45, 2.75) is 30.4 Å². The van der Waals surface area contributed by atoms with E-state index in [-0.39, 0.29) is 12.4 Å². The summed E-state index contributed by atoms with van der Waals surface area (Å²) in [5, 5.41) is 9.48. The number of rotatable bonds is 7. The maximum absolute atomic E-state index is 11.1. The molecule has 0 bridgehead atoms. The zero-order valence-corrected chi connectivity index (χ0v) is 14.1. The molecule has 0 spiro atoms. The average molecular weight is 328 g/mol. The summed E-state index contributed by atoms with van der Waals surface area (Å²) >= 11 is 1.61. The number of nitrogens with two attached hydrogens (primary N) is 1. The minimum absolute atomic E-state index is 0.0679. The molecule has 116 valence electrons. The second-order valence-electron chi connectivity index (χ2n) is 4.99. The van der Waals surface area contributed by atoms with Crippen LogP contribution in [-0.2, 0) is 9.84 Å². The summed E-state index contributed by atoms with van der Waals surface area (Å²) in [5.74, 6) is 0.504. The van der Waals surface area contributed by atoms with Crippen molar-refractivity contribution in [3.63, 3.8) is 0 Å². The fourth-order valence-corrected chi connectivity index (χ4v) is 3.20. The molecule has 0 radical (unpaired) electrons. The molecule has 0 aliphatic rings. The number of sulfone groups is 1. The third-order valence-electron chi connectivity index (χ3n) is 2.52. The van der Waals surface area contributed by atoms with Gasteiger partial charge in [0.1, 0.15) is 21.7 Å². The van der Waals surface area contributed by atoms with E-state index in [4.69, 9.17) is 15.7 Å². The van der Waals surface area contributed by atoms with Crippen LogP contribution in [0.3, 0.4) is 0 Å². The van der Waals surface area contributed by atoms with Crippen molar-refractivity contribution in [2.24, 2.45) is 0 Å². The smallest absolute Gasteiger partial charge is 0.147 e. The molecule has 0 saturated carbocycles. The number of anilines is 1. The summed E-state index contributed by atoms with van der Waals surface area (Å²) < 4.78 is 27.7. The summed E-state index contributed by atoms with van der Waals surface area (Å²) in [6.07, 6.45) is 1.58. The maximum atomic E-state index is 11.1. The molecule has 0 heterocycles. The molecule has 21 heavy (non-hydrogen) atoms. The van der Waals surface area contributed by atoms with E-state index in [1.807, 2.05) is 6.07 Å². The van der Waals surface area contributed by atoms with Gasteiger partial charge in [-0.2, -0.15) is 5.26 Å². The highest BCUT2D eigenvalue weighted by Crippen LogP contribution is 2.33. The van der Waals surface area contributed by atoms with E-state index in [9.17, 15) is 8.42 Å². The SMILES string of the molecule is CC(C)Sc1cc(C#N)c(N)c(OCCCS(C)(=O)=O)c1. The van der Waals surface area contributed by atoms with E-state index < -0.39 is 9.84 Å². The minimum atomic E-state index is -2.99. The second kappa shape index (κ2) is 7.57. The molecule has 1 aromatic carbocycles. The summed E-state index contributed by atoms with van der Waals surface area (Å²) in [6, 6.07) is 5.58. The Balaban J connectivity index is 2.83. The van der Waals surface area contributed by atoms with Crippen LogP contribution in [0.5, 0.6) is 5.75 Å². The molecular formula is C14H20N2O3S2. The lowest BCUT2D eigenvalue weighted by Crippen LogP contribution is -2.09. The van der Waals surface area contributed by atoms with Crippen LogP contribution in [0, 0.1) is 11.3 Å². The van der Waals surface area contributed by atoms with Gasteiger partial charge in [0.05, 0.1) is 23.6 Å². The number of nitrogen functional groups attached to an aromatic ring is 1. The number of hydrogen-bond acceptors (Lipinski definition) is 6. The zero-order valence-electron chi connectivity index (χ0n) is 12.4. The predicted octanol–water partition coefficient (Wildman–Crippen LogP) is 2.45. The average Bonchev–Trinajstić information content (AvgIpc) is 2.35. The molecule has 0 aromatic heterocycles. The van der Waals surface area contributed by atoms with Crippen LogP contribution in [0.2, 0.25) is 0 Å². The Morgan fingerprint density at radius 2 is 2.10 bits per heavy atom. The topological polar surface area (TPSA) is 93.2 Å². The molecule has 0 amide bonds. The van der Waals surface area contributed by atoms with Gasteiger partial charge in [-0.1, -0.05) is 13.8 Å². The van der Waals surface area contributed by atoms with Crippen LogP contribution in [0.15, 0.2) is 17.0 Å². The maximum Gasteiger partial charge on any atom is 0.147 e. The summed E-state index contributed by atoms with van der Waals surface area (Å²) in [4.78, 5) is 0.911. The van der Waals surface area contributed by atoms with Crippen molar-refractivity contribution in [1.29, 1.82) is 5.26 Å². The Morgan fingerprint density at radius 1 is 1.43 bits per heavy atom. The molecule has 7 heteroatoms. The van der Waals surface area contributed by atoms with Crippen LogP contribution < -0.4 is 10.5 Å². The lowest BCUT2D eigenvalue weighted by Gasteiger charge is -2.13. The summed E-state index contributed by atoms with van der Waals surface area (Å²) in [5.41, 5.74) is 6.56. The Hall–Kier alpha value is -1.39. The number of ether oxygens (including phenoxy) is 1. The van der Waals surface area contributed by atoms with Gasteiger partial charge in [-0.3, -0.25) is 0 Å². The van der Waals surface area contributed by atoms with Gasteiger partial charge < -0.3 is 10.5 Å². The first kappa shape index (κ1) is 17.7. The monoisotopic (exact) mass is 328 g/mol. The van der Waals surface area contributed by atoms with Gasteiger partial charge in [-0.15, -0.1) is 11.8 Å². The van der Waals surface area contributed by atoms with Crippen molar-refractivity contribution in [1.82, 2.24) is 0 Å². The Bertz CT molecular complexity index is 634. The van der Waals surface area contributed by atoms with E-state index in [1.165, 1.54) is 6.26 Å². The predicted molar refractivity (Wildman–Crippen MR) is 86.4 cm³/mol.